The van der Waals surface area contributed by atoms with Crippen molar-refractivity contribution in [3.8, 4) is 0 Å². The smallest absolute Gasteiger partial charge is 0.0657 e. The molecule has 0 bridgehead atoms. The standard InChI is InChI=1S/C8H4Cl2S4/c9-5-1-11-3-7(5)13-14-8-4-12-2-6(8)10/h1-4H. The first-order valence-electron chi connectivity index (χ1n) is 3.55. The van der Waals surface area contributed by atoms with Gasteiger partial charge in [-0.3, -0.25) is 0 Å². The van der Waals surface area contributed by atoms with Crippen LogP contribution in [0.4, 0.5) is 0 Å². The Bertz CT molecular complexity index is 380. The van der Waals surface area contributed by atoms with Crippen LogP contribution in [0.3, 0.4) is 0 Å². The molecule has 0 N–H and O–H groups in total. The van der Waals surface area contributed by atoms with E-state index in [1.165, 1.54) is 0 Å². The zero-order valence-electron chi connectivity index (χ0n) is 6.70. The molecule has 0 saturated carbocycles. The normalized spacial score (nSPS) is 10.7. The van der Waals surface area contributed by atoms with Gasteiger partial charge >= 0.3 is 0 Å². The van der Waals surface area contributed by atoms with Crippen molar-refractivity contribution < 1.29 is 0 Å². The minimum absolute atomic E-state index is 0.818. The molecule has 0 aliphatic heterocycles. The molecule has 74 valence electrons. The molecule has 0 fully saturated rings. The van der Waals surface area contributed by atoms with E-state index < -0.39 is 0 Å². The summed E-state index contributed by atoms with van der Waals surface area (Å²) in [6.07, 6.45) is 0. The first-order chi connectivity index (χ1) is 6.77. The third kappa shape index (κ3) is 2.62. The summed E-state index contributed by atoms with van der Waals surface area (Å²) in [5, 5.41) is 9.58. The summed E-state index contributed by atoms with van der Waals surface area (Å²) in [7, 11) is 3.29. The van der Waals surface area contributed by atoms with Gasteiger partial charge in [0.15, 0.2) is 0 Å². The lowest BCUT2D eigenvalue weighted by Crippen LogP contribution is -1.62. The van der Waals surface area contributed by atoms with E-state index in [9.17, 15) is 0 Å². The molecule has 0 aliphatic carbocycles. The van der Waals surface area contributed by atoms with Crippen LogP contribution < -0.4 is 0 Å². The van der Waals surface area contributed by atoms with Crippen LogP contribution in [0.15, 0.2) is 31.3 Å². The zero-order valence-corrected chi connectivity index (χ0v) is 11.5. The minimum atomic E-state index is 0.818. The van der Waals surface area contributed by atoms with Crippen LogP contribution in [-0.4, -0.2) is 0 Å². The highest BCUT2D eigenvalue weighted by molar-refractivity contribution is 8.76. The Morgan fingerprint density at radius 2 is 1.21 bits per heavy atom. The second-order valence-electron chi connectivity index (χ2n) is 2.33. The molecule has 14 heavy (non-hydrogen) atoms. The predicted octanol–water partition coefficient (Wildman–Crippen LogP) is 5.92. The van der Waals surface area contributed by atoms with E-state index in [1.807, 2.05) is 21.5 Å². The van der Waals surface area contributed by atoms with Crippen molar-refractivity contribution in [1.29, 1.82) is 0 Å². The zero-order chi connectivity index (χ0) is 9.97. The molecule has 0 saturated heterocycles. The monoisotopic (exact) mass is 298 g/mol. The van der Waals surface area contributed by atoms with E-state index >= 15 is 0 Å². The van der Waals surface area contributed by atoms with Gasteiger partial charge < -0.3 is 0 Å². The van der Waals surface area contributed by atoms with Crippen LogP contribution in [0.25, 0.3) is 0 Å². The van der Waals surface area contributed by atoms with Gasteiger partial charge in [0.05, 0.1) is 10.0 Å². The Kier molecular flexibility index (Phi) is 4.10. The lowest BCUT2D eigenvalue weighted by atomic mass is 10.7. The Morgan fingerprint density at radius 1 is 0.786 bits per heavy atom. The SMILES string of the molecule is Clc1cscc1SSc1cscc1Cl. The molecule has 0 spiro atoms. The molecule has 2 aromatic heterocycles. The number of halogens is 2. The number of hydrogen-bond donors (Lipinski definition) is 0. The Balaban J connectivity index is 2.02. The van der Waals surface area contributed by atoms with Gasteiger partial charge in [0.2, 0.25) is 0 Å². The number of hydrogen-bond acceptors (Lipinski definition) is 4. The second-order valence-corrected chi connectivity index (χ2v) is 6.85. The molecule has 0 aromatic carbocycles. The fourth-order valence-corrected chi connectivity index (χ4v) is 5.97. The molecular weight excluding hydrogens is 295 g/mol. The summed E-state index contributed by atoms with van der Waals surface area (Å²) in [6.45, 7) is 0. The van der Waals surface area contributed by atoms with Crippen LogP contribution in [0.2, 0.25) is 10.0 Å². The molecule has 0 aliphatic rings. The largest absolute Gasteiger partial charge is 0.150 e. The van der Waals surface area contributed by atoms with Crippen LogP contribution >= 0.6 is 67.5 Å². The van der Waals surface area contributed by atoms with E-state index in [0.29, 0.717) is 0 Å². The van der Waals surface area contributed by atoms with Crippen molar-refractivity contribution >= 4 is 67.5 Å². The van der Waals surface area contributed by atoms with Crippen molar-refractivity contribution in [3.05, 3.63) is 31.6 Å². The molecule has 0 atom stereocenters. The maximum absolute atomic E-state index is 5.97. The van der Waals surface area contributed by atoms with Gasteiger partial charge in [0, 0.05) is 31.3 Å². The highest BCUT2D eigenvalue weighted by Gasteiger charge is 2.06. The van der Waals surface area contributed by atoms with E-state index in [0.717, 1.165) is 19.8 Å². The lowest BCUT2D eigenvalue weighted by Gasteiger charge is -1.96. The van der Waals surface area contributed by atoms with Gasteiger partial charge in [-0.2, -0.15) is 0 Å². The fraction of sp³-hybridized carbons (Fsp3) is 0. The first kappa shape index (κ1) is 11.2. The van der Waals surface area contributed by atoms with E-state index in [1.54, 1.807) is 44.3 Å². The predicted molar refractivity (Wildman–Crippen MR) is 70.4 cm³/mol. The van der Waals surface area contributed by atoms with E-state index in [4.69, 9.17) is 23.2 Å². The quantitative estimate of drug-likeness (QED) is 0.646. The van der Waals surface area contributed by atoms with Crippen LogP contribution in [-0.2, 0) is 0 Å². The molecule has 0 nitrogen and oxygen atoms in total. The Labute approximate surface area is 108 Å². The molecule has 0 unspecified atom stereocenters. The summed E-state index contributed by atoms with van der Waals surface area (Å²) in [4.78, 5) is 2.20. The topological polar surface area (TPSA) is 0 Å². The number of thiophene rings is 2. The van der Waals surface area contributed by atoms with Crippen LogP contribution in [0, 0.1) is 0 Å². The molecule has 0 radical (unpaired) electrons. The Hall–Kier alpha value is 0.680. The third-order valence-corrected chi connectivity index (χ3v) is 6.72. The highest BCUT2D eigenvalue weighted by atomic mass is 35.5. The third-order valence-electron chi connectivity index (χ3n) is 1.39. The van der Waals surface area contributed by atoms with Gasteiger partial charge in [-0.1, -0.05) is 44.8 Å². The average Bonchev–Trinajstić information content (AvgIpc) is 2.72. The molecule has 0 amide bonds. The highest BCUT2D eigenvalue weighted by Crippen LogP contribution is 2.45. The van der Waals surface area contributed by atoms with Crippen LogP contribution in [0.5, 0.6) is 0 Å². The second kappa shape index (κ2) is 5.14. The summed E-state index contributed by atoms with van der Waals surface area (Å²) in [5.41, 5.74) is 0. The number of rotatable bonds is 3. The van der Waals surface area contributed by atoms with Crippen molar-refractivity contribution in [3.63, 3.8) is 0 Å². The summed E-state index contributed by atoms with van der Waals surface area (Å²) < 4.78 is 0. The summed E-state index contributed by atoms with van der Waals surface area (Å²) >= 11 is 15.2. The first-order valence-corrected chi connectivity index (χ1v) is 8.34. The van der Waals surface area contributed by atoms with Gasteiger partial charge in [0.1, 0.15) is 0 Å². The van der Waals surface area contributed by atoms with Gasteiger partial charge in [-0.15, -0.1) is 22.7 Å². The molecule has 6 heteroatoms. The molecular formula is C8H4Cl2S4. The molecule has 2 heterocycles. The van der Waals surface area contributed by atoms with Gasteiger partial charge in [-0.25, -0.2) is 0 Å². The van der Waals surface area contributed by atoms with Crippen LogP contribution in [0.1, 0.15) is 0 Å². The summed E-state index contributed by atoms with van der Waals surface area (Å²) in [5.74, 6) is 0. The van der Waals surface area contributed by atoms with E-state index in [2.05, 4.69) is 0 Å². The average molecular weight is 299 g/mol. The summed E-state index contributed by atoms with van der Waals surface area (Å²) in [6, 6.07) is 0. The van der Waals surface area contributed by atoms with Crippen molar-refractivity contribution in [2.75, 3.05) is 0 Å². The van der Waals surface area contributed by atoms with Crippen molar-refractivity contribution in [2.45, 2.75) is 9.79 Å². The fourth-order valence-electron chi connectivity index (χ4n) is 0.749. The van der Waals surface area contributed by atoms with E-state index in [-0.39, 0.29) is 0 Å². The molecule has 2 rings (SSSR count). The van der Waals surface area contributed by atoms with Crippen molar-refractivity contribution in [1.82, 2.24) is 0 Å². The Morgan fingerprint density at radius 3 is 1.50 bits per heavy atom. The van der Waals surface area contributed by atoms with Gasteiger partial charge in [-0.05, 0) is 0 Å². The maximum Gasteiger partial charge on any atom is 0.0657 e. The van der Waals surface area contributed by atoms with Gasteiger partial charge in [0.25, 0.3) is 0 Å². The van der Waals surface area contributed by atoms with Crippen molar-refractivity contribution in [2.24, 2.45) is 0 Å². The lowest BCUT2D eigenvalue weighted by molar-refractivity contribution is 1.60. The maximum atomic E-state index is 5.97. The molecule has 2 aromatic rings. The minimum Gasteiger partial charge on any atom is -0.150 e.